The van der Waals surface area contributed by atoms with Crippen molar-refractivity contribution in [2.24, 2.45) is 0 Å². The molecule has 1 atom stereocenters. The van der Waals surface area contributed by atoms with Crippen LogP contribution >= 0.6 is 22.6 Å². The van der Waals surface area contributed by atoms with Crippen molar-refractivity contribution in [2.75, 3.05) is 0 Å². The van der Waals surface area contributed by atoms with Crippen LogP contribution < -0.4 is 0 Å². The van der Waals surface area contributed by atoms with Crippen LogP contribution in [0, 0.1) is 0 Å². The summed E-state index contributed by atoms with van der Waals surface area (Å²) in [7, 11) is 0. The molecule has 0 bridgehead atoms. The molecule has 0 aliphatic carbocycles. The lowest BCUT2D eigenvalue weighted by atomic mass is 10.6. The topological polar surface area (TPSA) is 0 Å². The predicted octanol–water partition coefficient (Wildman–Crippen LogP) is 2.79. The molecule has 0 aliphatic heterocycles. The van der Waals surface area contributed by atoms with E-state index in [4.69, 9.17) is 0 Å². The van der Waals surface area contributed by atoms with E-state index in [0.717, 1.165) is 22.6 Å². The quantitative estimate of drug-likeness (QED) is 0.375. The monoisotopic (exact) mass is 240 g/mol. The molecular weight excluding hydrogens is 239 g/mol. The Morgan fingerprint density at radius 1 is 1.25 bits per heavy atom. The largest absolute Gasteiger partial charge is 0.305 e. The lowest BCUT2D eigenvalue weighted by molar-refractivity contribution is 0.341. The Labute approximate surface area is 56.7 Å². The fourth-order valence-electron chi connectivity index (χ4n) is 0.0825. The molecule has 0 amide bonds. The summed E-state index contributed by atoms with van der Waals surface area (Å²) in [5.41, 5.74) is 0. The average Bonchev–Trinajstić information content (AvgIpc) is 1.64. The summed E-state index contributed by atoms with van der Waals surface area (Å²) in [6, 6.07) is 0. The molecule has 0 spiro atoms. The maximum absolute atomic E-state index is 11.4. The van der Waals surface area contributed by atoms with Crippen molar-refractivity contribution >= 4 is 22.6 Å². The smallest absolute Gasteiger partial charge is 0.228 e. The molecular formula is C3HF4I. The predicted molar refractivity (Wildman–Crippen MR) is 29.3 cm³/mol. The van der Waals surface area contributed by atoms with Gasteiger partial charge in [0.1, 0.15) is 0 Å². The molecule has 0 aromatic carbocycles. The van der Waals surface area contributed by atoms with E-state index in [9.17, 15) is 17.6 Å². The van der Waals surface area contributed by atoms with Crippen molar-refractivity contribution in [3.8, 4) is 0 Å². The highest BCUT2D eigenvalue weighted by atomic mass is 127. The summed E-state index contributed by atoms with van der Waals surface area (Å²) < 4.78 is 42.5. The third-order valence-electron chi connectivity index (χ3n) is 0.372. The van der Waals surface area contributed by atoms with E-state index in [2.05, 4.69) is 0 Å². The molecule has 1 unspecified atom stereocenters. The number of hydrogen-bond donors (Lipinski definition) is 0. The number of hydrogen-bond acceptors (Lipinski definition) is 0. The van der Waals surface area contributed by atoms with Crippen molar-refractivity contribution in [2.45, 2.75) is 4.18 Å². The van der Waals surface area contributed by atoms with Gasteiger partial charge in [0.15, 0.2) is 0 Å². The number of halogens is 5. The normalized spacial score (nSPS) is 13.1. The first-order valence-corrected chi connectivity index (χ1v) is 2.79. The van der Waals surface area contributed by atoms with Gasteiger partial charge in [-0.2, -0.15) is 8.78 Å². The number of allylic oxidation sites excluding steroid dienone is 1. The van der Waals surface area contributed by atoms with E-state index in [0.29, 0.717) is 0 Å². The van der Waals surface area contributed by atoms with Gasteiger partial charge < -0.3 is 0 Å². The van der Waals surface area contributed by atoms with E-state index < -0.39 is 16.1 Å². The molecule has 0 aromatic heterocycles. The van der Waals surface area contributed by atoms with E-state index in [-0.39, 0.29) is 0 Å². The van der Waals surface area contributed by atoms with Gasteiger partial charge in [0.05, 0.1) is 0 Å². The molecule has 0 nitrogen and oxygen atoms in total. The van der Waals surface area contributed by atoms with Crippen LogP contribution in [0.2, 0.25) is 0 Å². The standard InChI is InChI=1S/C3HF4I/c4-1(2(5)6)3(7)8/h3H. The van der Waals surface area contributed by atoms with Crippen molar-refractivity contribution in [3.05, 3.63) is 11.9 Å². The third kappa shape index (κ3) is 2.49. The van der Waals surface area contributed by atoms with Crippen LogP contribution in [0.1, 0.15) is 0 Å². The number of alkyl halides is 2. The first-order valence-electron chi connectivity index (χ1n) is 1.54. The summed E-state index contributed by atoms with van der Waals surface area (Å²) in [5, 5.41) is 0. The van der Waals surface area contributed by atoms with E-state index in [1.165, 1.54) is 0 Å². The minimum Gasteiger partial charge on any atom is -0.228 e. The molecule has 0 fully saturated rings. The average molecular weight is 240 g/mol. The van der Waals surface area contributed by atoms with Crippen molar-refractivity contribution in [1.29, 1.82) is 0 Å². The Kier molecular flexibility index (Phi) is 3.34. The lowest BCUT2D eigenvalue weighted by Crippen LogP contribution is -1.87. The van der Waals surface area contributed by atoms with E-state index in [1.807, 2.05) is 0 Å². The second-order valence-corrected chi connectivity index (χ2v) is 2.00. The van der Waals surface area contributed by atoms with Crippen LogP contribution in [0.4, 0.5) is 17.6 Å². The lowest BCUT2D eigenvalue weighted by Gasteiger charge is -1.89. The van der Waals surface area contributed by atoms with Crippen LogP contribution in [-0.4, -0.2) is 4.18 Å². The summed E-state index contributed by atoms with van der Waals surface area (Å²) in [4.78, 5) is 0. The third-order valence-corrected chi connectivity index (χ3v) is 0.919. The highest BCUT2D eigenvalue weighted by molar-refractivity contribution is 14.1. The van der Waals surface area contributed by atoms with E-state index >= 15 is 0 Å². The highest BCUT2D eigenvalue weighted by Gasteiger charge is 2.13. The van der Waals surface area contributed by atoms with Gasteiger partial charge in [0.2, 0.25) is 10.0 Å². The maximum atomic E-state index is 11.4. The van der Waals surface area contributed by atoms with Gasteiger partial charge in [-0.3, -0.25) is 0 Å². The second kappa shape index (κ2) is 3.26. The summed E-state index contributed by atoms with van der Waals surface area (Å²) in [5.74, 6) is -1.99. The molecule has 0 saturated carbocycles. The fraction of sp³-hybridized carbons (Fsp3) is 0.333. The SMILES string of the molecule is FC(F)=C(F)C(F)I. The Bertz CT molecular complexity index is 104. The summed E-state index contributed by atoms with van der Waals surface area (Å²) in [6.07, 6.45) is -2.59. The van der Waals surface area contributed by atoms with Gasteiger partial charge in [-0.1, -0.05) is 0 Å². The first kappa shape index (κ1) is 8.19. The van der Waals surface area contributed by atoms with Crippen molar-refractivity contribution < 1.29 is 17.6 Å². The zero-order valence-corrected chi connectivity index (χ0v) is 5.62. The molecule has 0 aliphatic rings. The minimum absolute atomic E-state index is 0.904. The van der Waals surface area contributed by atoms with Crippen LogP contribution in [0.5, 0.6) is 0 Å². The van der Waals surface area contributed by atoms with Crippen LogP contribution in [0.25, 0.3) is 0 Å². The number of rotatable bonds is 1. The summed E-state index contributed by atoms with van der Waals surface area (Å²) in [6.45, 7) is 0. The van der Waals surface area contributed by atoms with Gasteiger partial charge >= 0.3 is 6.08 Å². The Balaban J connectivity index is 4.00. The zero-order valence-electron chi connectivity index (χ0n) is 3.47. The Morgan fingerprint density at radius 2 is 1.62 bits per heavy atom. The maximum Gasteiger partial charge on any atom is 0.305 e. The van der Waals surface area contributed by atoms with Crippen LogP contribution in [-0.2, 0) is 0 Å². The molecule has 0 rings (SSSR count). The molecule has 0 radical (unpaired) electrons. The van der Waals surface area contributed by atoms with Gasteiger partial charge in [-0.25, -0.2) is 8.78 Å². The van der Waals surface area contributed by atoms with Gasteiger partial charge in [-0.15, -0.1) is 0 Å². The first-order chi connectivity index (χ1) is 3.55. The van der Waals surface area contributed by atoms with Crippen LogP contribution in [0.15, 0.2) is 11.9 Å². The van der Waals surface area contributed by atoms with Crippen molar-refractivity contribution in [3.63, 3.8) is 0 Å². The van der Waals surface area contributed by atoms with Gasteiger partial charge in [-0.05, 0) is 22.6 Å². The Morgan fingerprint density at radius 3 is 1.62 bits per heavy atom. The Hall–Kier alpha value is 0.190. The molecule has 0 N–H and O–H groups in total. The summed E-state index contributed by atoms with van der Waals surface area (Å²) >= 11 is 0.904. The molecule has 5 heteroatoms. The molecule has 0 saturated heterocycles. The fourth-order valence-corrected chi connectivity index (χ4v) is 0.318. The molecule has 0 heterocycles. The van der Waals surface area contributed by atoms with Gasteiger partial charge in [0.25, 0.3) is 0 Å². The van der Waals surface area contributed by atoms with Crippen LogP contribution in [0.3, 0.4) is 0 Å². The van der Waals surface area contributed by atoms with E-state index in [1.54, 1.807) is 0 Å². The molecule has 0 aromatic rings. The van der Waals surface area contributed by atoms with Crippen molar-refractivity contribution in [1.82, 2.24) is 0 Å². The molecule has 8 heavy (non-hydrogen) atoms. The van der Waals surface area contributed by atoms with Gasteiger partial charge in [0, 0.05) is 0 Å². The highest BCUT2D eigenvalue weighted by Crippen LogP contribution is 2.20. The minimum atomic E-state index is -2.59. The second-order valence-electron chi connectivity index (χ2n) is 0.909. The molecule has 48 valence electrons. The zero-order chi connectivity index (χ0) is 6.73.